The van der Waals surface area contributed by atoms with Crippen LogP contribution in [-0.4, -0.2) is 41.2 Å². The van der Waals surface area contributed by atoms with Crippen molar-refractivity contribution < 1.29 is 20.5 Å². The maximum absolute atomic E-state index is 8.25. The van der Waals surface area contributed by atoms with Crippen molar-refractivity contribution in [2.45, 2.75) is 0 Å². The fraction of sp³-hybridized carbons (Fsp3) is 0. The van der Waals surface area contributed by atoms with Gasteiger partial charge in [-0.25, -0.2) is 7.69 Å². The molecule has 2 N–H and O–H groups in total. The van der Waals surface area contributed by atoms with E-state index in [1.807, 2.05) is 12.3 Å². The molecular formula is C4H6BMgN2O3. The first-order valence-electron chi connectivity index (χ1n) is 2.23. The fourth-order valence-electron chi connectivity index (χ4n) is 0.277. The molecule has 55 valence electrons. The molecule has 0 fully saturated rings. The molecule has 0 spiro atoms. The summed E-state index contributed by atoms with van der Waals surface area (Å²) in [5.74, 6) is 0. The molecule has 1 aromatic heterocycles. The largest absolute Gasteiger partial charge is 2.00 e. The van der Waals surface area contributed by atoms with Crippen LogP contribution in [0.25, 0.3) is 0 Å². The predicted molar refractivity (Wildman–Crippen MR) is 34.2 cm³/mol. The molecule has 0 amide bonds. The van der Waals surface area contributed by atoms with Crippen LogP contribution in [0.5, 0.6) is 0 Å². The molecule has 0 unspecified atom stereocenters. The third-order valence-electron chi connectivity index (χ3n) is 0.514. The van der Waals surface area contributed by atoms with Gasteiger partial charge >= 0.3 is 23.1 Å². The topological polar surface area (TPSA) is 103 Å². The molecule has 0 aliphatic carbocycles. The van der Waals surface area contributed by atoms with Gasteiger partial charge in [0.15, 0.2) is 0 Å². The van der Waals surface area contributed by atoms with Gasteiger partial charge in [0.05, 0.1) is 6.20 Å². The summed E-state index contributed by atoms with van der Waals surface area (Å²) in [6.45, 7) is 0. The second kappa shape index (κ2) is 16.4. The minimum Gasteiger partial charge on any atom is -0.900 e. The number of rotatable bonds is 0. The summed E-state index contributed by atoms with van der Waals surface area (Å²) in [4.78, 5) is 6.51. The standard InChI is InChI=1S/C4H4N2.BO2.Mg.H2O/c1-2-5-4-6-3-1;2-1-3;;/h1-4H;;;1H2/q;-2;+2;. The quantitative estimate of drug-likeness (QED) is 0.373. The van der Waals surface area contributed by atoms with Crippen LogP contribution in [0.15, 0.2) is 24.8 Å². The Bertz CT molecular complexity index is 106. The third kappa shape index (κ3) is 17.7. The monoisotopic (exact) mass is 165 g/mol. The van der Waals surface area contributed by atoms with Crippen LogP contribution in [0.4, 0.5) is 0 Å². The van der Waals surface area contributed by atoms with E-state index in [9.17, 15) is 0 Å². The Morgan fingerprint density at radius 2 is 1.91 bits per heavy atom. The van der Waals surface area contributed by atoms with E-state index < -0.39 is 7.69 Å². The van der Waals surface area contributed by atoms with E-state index in [4.69, 9.17) is 10.0 Å². The third-order valence-corrected chi connectivity index (χ3v) is 0.514. The summed E-state index contributed by atoms with van der Waals surface area (Å²) >= 11 is 0. The van der Waals surface area contributed by atoms with Gasteiger partial charge in [-0.3, -0.25) is 4.98 Å². The molecule has 1 heterocycles. The molecule has 0 saturated heterocycles. The van der Waals surface area contributed by atoms with Crippen LogP contribution < -0.4 is 15.0 Å². The van der Waals surface area contributed by atoms with Gasteiger partial charge in [0.1, 0.15) is 6.20 Å². The van der Waals surface area contributed by atoms with Gasteiger partial charge in [-0.1, -0.05) is 4.98 Å². The van der Waals surface area contributed by atoms with E-state index in [0.29, 0.717) is 0 Å². The number of aromatic amines is 1. The van der Waals surface area contributed by atoms with Crippen LogP contribution in [0.1, 0.15) is 0 Å². The normalized spacial score (nSPS) is 5.64. The zero-order valence-corrected chi connectivity index (χ0v) is 7.22. The smallest absolute Gasteiger partial charge is 0.900 e. The summed E-state index contributed by atoms with van der Waals surface area (Å²) < 4.78 is 0. The number of aromatic nitrogens is 2. The summed E-state index contributed by atoms with van der Waals surface area (Å²) in [6, 6.07) is 1.83. The molecule has 0 aliphatic heterocycles. The molecule has 11 heavy (non-hydrogen) atoms. The van der Waals surface area contributed by atoms with Gasteiger partial charge in [0.2, 0.25) is 0 Å². The van der Waals surface area contributed by atoms with Crippen LogP contribution in [0.3, 0.4) is 0 Å². The van der Waals surface area contributed by atoms with E-state index in [-0.39, 0.29) is 28.5 Å². The van der Waals surface area contributed by atoms with Gasteiger partial charge in [-0.2, -0.15) is 0 Å². The van der Waals surface area contributed by atoms with Crippen LogP contribution in [-0.2, 0) is 0 Å². The predicted octanol–water partition coefficient (Wildman–Crippen LogP) is -3.42. The maximum atomic E-state index is 8.25. The molecule has 0 aliphatic rings. The minimum atomic E-state index is -0.500. The first-order chi connectivity index (χ1) is 4.41. The summed E-state index contributed by atoms with van der Waals surface area (Å²) in [5.41, 5.74) is 0. The van der Waals surface area contributed by atoms with Gasteiger partial charge in [-0.05, 0) is 0 Å². The molecule has 1 radical (unpaired) electrons. The molecule has 0 atom stereocenters. The maximum Gasteiger partial charge on any atom is 2.00 e. The molecule has 0 aromatic carbocycles. The van der Waals surface area contributed by atoms with Gasteiger partial charge < -0.3 is 15.5 Å². The van der Waals surface area contributed by atoms with Crippen molar-refractivity contribution in [3.8, 4) is 0 Å². The summed E-state index contributed by atoms with van der Waals surface area (Å²) in [5, 5.41) is 16.5. The van der Waals surface area contributed by atoms with Gasteiger partial charge in [-0.15, -0.1) is 0 Å². The Balaban J connectivity index is -0.000000116. The van der Waals surface area contributed by atoms with Gasteiger partial charge in [0.25, 0.3) is 6.33 Å². The van der Waals surface area contributed by atoms with Crippen molar-refractivity contribution in [3.63, 3.8) is 0 Å². The second-order valence-corrected chi connectivity index (χ2v) is 1.05. The number of H-pyrrole nitrogens is 1. The van der Waals surface area contributed by atoms with Crippen molar-refractivity contribution in [3.05, 3.63) is 24.8 Å². The average molecular weight is 165 g/mol. The van der Waals surface area contributed by atoms with Crippen molar-refractivity contribution in [1.82, 2.24) is 4.98 Å². The van der Waals surface area contributed by atoms with Crippen LogP contribution >= 0.6 is 0 Å². The van der Waals surface area contributed by atoms with Crippen molar-refractivity contribution >= 4 is 30.7 Å². The van der Waals surface area contributed by atoms with E-state index in [0.717, 1.165) is 0 Å². The zero-order chi connectivity index (χ0) is 6.95. The molecule has 0 bridgehead atoms. The zero-order valence-electron chi connectivity index (χ0n) is 5.80. The summed E-state index contributed by atoms with van der Waals surface area (Å²) in [6.07, 6.45) is 5.16. The Morgan fingerprint density at radius 3 is 2.00 bits per heavy atom. The number of nitrogens with one attached hydrogen (secondary N) is 1. The van der Waals surface area contributed by atoms with E-state index >= 15 is 0 Å². The molecule has 5 nitrogen and oxygen atoms in total. The average Bonchev–Trinajstić information content (AvgIpc) is 1.93. The van der Waals surface area contributed by atoms with Crippen molar-refractivity contribution in [2.75, 3.05) is 0 Å². The van der Waals surface area contributed by atoms with Gasteiger partial charge in [0, 0.05) is 6.07 Å². The van der Waals surface area contributed by atoms with Crippen LogP contribution in [0.2, 0.25) is 0 Å². The molecule has 1 rings (SSSR count). The molecule has 7 heteroatoms. The second-order valence-electron chi connectivity index (χ2n) is 1.05. The SMILES string of the molecule is [Mg+2].[O-][B][O-].[OH-].c1cnc[nH+]c1. The number of nitrogens with zero attached hydrogens (tertiary/aromatic N) is 1. The molecule has 0 saturated carbocycles. The van der Waals surface area contributed by atoms with E-state index in [1.165, 1.54) is 0 Å². The van der Waals surface area contributed by atoms with Crippen molar-refractivity contribution in [1.29, 1.82) is 0 Å². The van der Waals surface area contributed by atoms with E-state index in [2.05, 4.69) is 9.97 Å². The Kier molecular flexibility index (Phi) is 25.4. The Hall–Kier alpha value is -0.209. The molecular weight excluding hydrogens is 159 g/mol. The number of hydrogen-bond acceptors (Lipinski definition) is 4. The first-order valence-corrected chi connectivity index (χ1v) is 2.23. The van der Waals surface area contributed by atoms with Crippen LogP contribution in [0, 0.1) is 0 Å². The fourth-order valence-corrected chi connectivity index (χ4v) is 0.277. The summed E-state index contributed by atoms with van der Waals surface area (Å²) in [7, 11) is -0.500. The first kappa shape index (κ1) is 17.0. The Morgan fingerprint density at radius 1 is 1.36 bits per heavy atom. The number of hydrogen-bond donors (Lipinski definition) is 0. The van der Waals surface area contributed by atoms with Crippen molar-refractivity contribution in [2.24, 2.45) is 0 Å². The van der Waals surface area contributed by atoms with E-state index in [1.54, 1.807) is 12.5 Å². The minimum absolute atomic E-state index is 0. The Labute approximate surface area is 81.3 Å². The molecule has 1 aromatic rings.